The van der Waals surface area contributed by atoms with Gasteiger partial charge in [0.2, 0.25) is 5.91 Å². The van der Waals surface area contributed by atoms with Crippen LogP contribution in [0.2, 0.25) is 0 Å². The molecule has 1 aromatic carbocycles. The topological polar surface area (TPSA) is 83.6 Å². The fourth-order valence-electron chi connectivity index (χ4n) is 4.60. The first-order chi connectivity index (χ1) is 13.2. The zero-order chi connectivity index (χ0) is 20.9. The van der Waals surface area contributed by atoms with Crippen molar-refractivity contribution < 1.29 is 15.0 Å². The standard InChI is InChI=1S/C24H37NO3/c1-5-7-8-9-12-24(3,4)18-14-20(26)22(21(27)15-18)19-13-17(23(25)28)11-10-16(19)6-2/h6,14-17,19,26-27H,2,5,7-13H2,1,3-4H3,(H2,25,28). The lowest BCUT2D eigenvalue weighted by molar-refractivity contribution is -0.123. The molecule has 2 rings (SSSR count). The minimum absolute atomic E-state index is 0.110. The predicted molar refractivity (Wildman–Crippen MR) is 115 cm³/mol. The number of phenols is 2. The highest BCUT2D eigenvalue weighted by molar-refractivity contribution is 5.77. The van der Waals surface area contributed by atoms with Crippen LogP contribution in [0.15, 0.2) is 24.8 Å². The normalized spacial score (nSPS) is 22.8. The van der Waals surface area contributed by atoms with Crippen LogP contribution in [-0.2, 0) is 10.2 Å². The van der Waals surface area contributed by atoms with Crippen LogP contribution in [0.5, 0.6) is 11.5 Å². The lowest BCUT2D eigenvalue weighted by atomic mass is 9.69. The molecular formula is C24H37NO3. The van der Waals surface area contributed by atoms with Gasteiger partial charge in [-0.05, 0) is 60.6 Å². The Labute approximate surface area is 169 Å². The minimum atomic E-state index is -0.309. The van der Waals surface area contributed by atoms with Gasteiger partial charge in [0, 0.05) is 11.5 Å². The molecule has 4 N–H and O–H groups in total. The predicted octanol–water partition coefficient (Wildman–Crippen LogP) is 5.52. The fourth-order valence-corrected chi connectivity index (χ4v) is 4.60. The second-order valence-electron chi connectivity index (χ2n) is 9.04. The number of benzene rings is 1. The van der Waals surface area contributed by atoms with E-state index >= 15 is 0 Å². The van der Waals surface area contributed by atoms with Crippen LogP contribution in [0, 0.1) is 11.8 Å². The van der Waals surface area contributed by atoms with Crippen molar-refractivity contribution in [3.05, 3.63) is 35.9 Å². The summed E-state index contributed by atoms with van der Waals surface area (Å²) in [6, 6.07) is 3.59. The molecule has 1 aliphatic carbocycles. The SMILES string of the molecule is C=CC1CCC(C(N)=O)CC1c1c(O)cc(C(C)(C)CCCCCC)cc1O. The Kier molecular flexibility index (Phi) is 7.56. The first-order valence-corrected chi connectivity index (χ1v) is 10.7. The van der Waals surface area contributed by atoms with Crippen molar-refractivity contribution in [3.8, 4) is 11.5 Å². The molecule has 156 valence electrons. The van der Waals surface area contributed by atoms with E-state index in [0.29, 0.717) is 12.0 Å². The maximum absolute atomic E-state index is 11.7. The lowest BCUT2D eigenvalue weighted by Gasteiger charge is -2.35. The highest BCUT2D eigenvalue weighted by atomic mass is 16.3. The Balaban J connectivity index is 2.29. The van der Waals surface area contributed by atoms with E-state index in [2.05, 4.69) is 27.4 Å². The number of allylic oxidation sites excluding steroid dienone is 1. The van der Waals surface area contributed by atoms with E-state index in [9.17, 15) is 15.0 Å². The second kappa shape index (κ2) is 9.49. The number of phenolic OH excluding ortho intramolecular Hbond substituents is 2. The summed E-state index contributed by atoms with van der Waals surface area (Å²) in [6.45, 7) is 10.4. The third kappa shape index (κ3) is 5.09. The third-order valence-electron chi connectivity index (χ3n) is 6.55. The Hall–Kier alpha value is -1.97. The molecule has 0 spiro atoms. The van der Waals surface area contributed by atoms with Crippen molar-refractivity contribution in [1.82, 2.24) is 0 Å². The van der Waals surface area contributed by atoms with E-state index in [1.165, 1.54) is 19.3 Å². The summed E-state index contributed by atoms with van der Waals surface area (Å²) < 4.78 is 0. The van der Waals surface area contributed by atoms with E-state index in [1.54, 1.807) is 12.1 Å². The van der Waals surface area contributed by atoms with Crippen molar-refractivity contribution in [1.29, 1.82) is 0 Å². The molecule has 3 unspecified atom stereocenters. The number of nitrogens with two attached hydrogens (primary N) is 1. The molecule has 0 aliphatic heterocycles. The van der Waals surface area contributed by atoms with Crippen LogP contribution in [0.3, 0.4) is 0 Å². The van der Waals surface area contributed by atoms with Gasteiger partial charge in [0.25, 0.3) is 0 Å². The maximum atomic E-state index is 11.7. The van der Waals surface area contributed by atoms with Crippen LogP contribution in [0.1, 0.15) is 89.2 Å². The van der Waals surface area contributed by atoms with E-state index in [4.69, 9.17) is 5.73 Å². The number of amides is 1. The third-order valence-corrected chi connectivity index (χ3v) is 6.55. The Morgan fingerprint density at radius 1 is 1.21 bits per heavy atom. The number of hydrogen-bond acceptors (Lipinski definition) is 3. The smallest absolute Gasteiger partial charge is 0.220 e. The van der Waals surface area contributed by atoms with Gasteiger partial charge in [0.1, 0.15) is 11.5 Å². The van der Waals surface area contributed by atoms with E-state index in [-0.39, 0.29) is 40.6 Å². The maximum Gasteiger partial charge on any atom is 0.220 e. The van der Waals surface area contributed by atoms with E-state index < -0.39 is 0 Å². The molecule has 1 fully saturated rings. The Morgan fingerprint density at radius 2 is 1.86 bits per heavy atom. The van der Waals surface area contributed by atoms with Crippen molar-refractivity contribution in [3.63, 3.8) is 0 Å². The van der Waals surface area contributed by atoms with Gasteiger partial charge in [0.05, 0.1) is 0 Å². The van der Waals surface area contributed by atoms with Gasteiger partial charge in [-0.3, -0.25) is 4.79 Å². The molecule has 28 heavy (non-hydrogen) atoms. The zero-order valence-electron chi connectivity index (χ0n) is 17.7. The van der Waals surface area contributed by atoms with Gasteiger partial charge < -0.3 is 15.9 Å². The van der Waals surface area contributed by atoms with Gasteiger partial charge in [-0.15, -0.1) is 6.58 Å². The van der Waals surface area contributed by atoms with Crippen LogP contribution in [0.25, 0.3) is 0 Å². The Bertz CT molecular complexity index is 672. The largest absolute Gasteiger partial charge is 0.508 e. The molecule has 3 atom stereocenters. The average Bonchev–Trinajstić information content (AvgIpc) is 2.64. The number of aromatic hydroxyl groups is 2. The molecule has 1 saturated carbocycles. The minimum Gasteiger partial charge on any atom is -0.508 e. The van der Waals surface area contributed by atoms with E-state index in [0.717, 1.165) is 31.2 Å². The van der Waals surface area contributed by atoms with E-state index in [1.807, 2.05) is 6.08 Å². The highest BCUT2D eigenvalue weighted by Gasteiger charge is 2.36. The molecule has 0 bridgehead atoms. The van der Waals surface area contributed by atoms with Gasteiger partial charge in [-0.25, -0.2) is 0 Å². The lowest BCUT2D eigenvalue weighted by Crippen LogP contribution is -2.31. The summed E-state index contributed by atoms with van der Waals surface area (Å²) >= 11 is 0. The molecule has 1 aromatic rings. The molecular weight excluding hydrogens is 350 g/mol. The quantitative estimate of drug-likeness (QED) is 0.385. The van der Waals surface area contributed by atoms with Gasteiger partial charge in [-0.1, -0.05) is 52.5 Å². The summed E-state index contributed by atoms with van der Waals surface area (Å²) in [7, 11) is 0. The monoisotopic (exact) mass is 387 g/mol. The summed E-state index contributed by atoms with van der Waals surface area (Å²) in [5, 5.41) is 21.7. The summed E-state index contributed by atoms with van der Waals surface area (Å²) in [6.07, 6.45) is 9.69. The number of carbonyl (C=O) groups excluding carboxylic acids is 1. The summed E-state index contributed by atoms with van der Waals surface area (Å²) in [4.78, 5) is 11.7. The summed E-state index contributed by atoms with van der Waals surface area (Å²) in [5.41, 5.74) is 6.88. The number of unbranched alkanes of at least 4 members (excludes halogenated alkanes) is 3. The molecule has 1 aliphatic rings. The molecule has 1 amide bonds. The van der Waals surface area contributed by atoms with Crippen molar-refractivity contribution in [2.75, 3.05) is 0 Å². The van der Waals surface area contributed by atoms with Gasteiger partial charge in [-0.2, -0.15) is 0 Å². The molecule has 0 radical (unpaired) electrons. The first kappa shape index (κ1) is 22.3. The first-order valence-electron chi connectivity index (χ1n) is 10.7. The number of rotatable bonds is 9. The van der Waals surface area contributed by atoms with Crippen LogP contribution >= 0.6 is 0 Å². The molecule has 4 nitrogen and oxygen atoms in total. The molecule has 0 aromatic heterocycles. The molecule has 0 heterocycles. The number of carbonyl (C=O) groups is 1. The van der Waals surface area contributed by atoms with Crippen molar-refractivity contribution in [2.24, 2.45) is 17.6 Å². The number of hydrogen-bond donors (Lipinski definition) is 3. The van der Waals surface area contributed by atoms with Gasteiger partial charge in [0.15, 0.2) is 0 Å². The van der Waals surface area contributed by atoms with Crippen LogP contribution in [-0.4, -0.2) is 16.1 Å². The number of primary amides is 1. The summed E-state index contributed by atoms with van der Waals surface area (Å²) in [5.74, 6) is -0.353. The fraction of sp³-hybridized carbons (Fsp3) is 0.625. The van der Waals surface area contributed by atoms with Crippen molar-refractivity contribution >= 4 is 5.91 Å². The highest BCUT2D eigenvalue weighted by Crippen LogP contribution is 2.48. The second-order valence-corrected chi connectivity index (χ2v) is 9.04. The van der Waals surface area contributed by atoms with Crippen LogP contribution in [0.4, 0.5) is 0 Å². The van der Waals surface area contributed by atoms with Crippen molar-refractivity contribution in [2.45, 2.75) is 83.5 Å². The van der Waals surface area contributed by atoms with Gasteiger partial charge >= 0.3 is 0 Å². The average molecular weight is 388 g/mol. The molecule has 4 heteroatoms. The zero-order valence-corrected chi connectivity index (χ0v) is 17.7. The molecule has 0 saturated heterocycles. The Morgan fingerprint density at radius 3 is 2.39 bits per heavy atom. The van der Waals surface area contributed by atoms with Crippen LogP contribution < -0.4 is 5.73 Å².